The zero-order valence-electron chi connectivity index (χ0n) is 11.3. The zero-order valence-corrected chi connectivity index (χ0v) is 11.3. The predicted molar refractivity (Wildman–Crippen MR) is 70.2 cm³/mol. The molecule has 1 aliphatic carbocycles. The summed E-state index contributed by atoms with van der Waals surface area (Å²) in [6.45, 7) is 1.41. The number of piperidine rings is 1. The molecule has 4 nitrogen and oxygen atoms in total. The standard InChI is InChI=1S/C14H24N2O2/c1-15-14(18)10-16-9-5-4-7-12(16)11-6-2-3-8-13(11)17/h11-12H,2-10H2,1H3,(H,15,18). The highest BCUT2D eigenvalue weighted by atomic mass is 16.2. The number of carbonyl (C=O) groups excluding carboxylic acids is 2. The Morgan fingerprint density at radius 2 is 2.06 bits per heavy atom. The fraction of sp³-hybridized carbons (Fsp3) is 0.857. The third kappa shape index (κ3) is 3.10. The van der Waals surface area contributed by atoms with Gasteiger partial charge in [-0.2, -0.15) is 0 Å². The summed E-state index contributed by atoms with van der Waals surface area (Å²) in [6.07, 6.45) is 7.40. The Kier molecular flexibility index (Phi) is 4.75. The topological polar surface area (TPSA) is 49.4 Å². The molecule has 2 unspecified atom stereocenters. The normalized spacial score (nSPS) is 30.2. The van der Waals surface area contributed by atoms with Crippen molar-refractivity contribution in [1.29, 1.82) is 0 Å². The lowest BCUT2D eigenvalue weighted by Gasteiger charge is -2.40. The number of likely N-dealkylation sites (N-methyl/N-ethyl adjacent to an activating group) is 1. The fourth-order valence-electron chi connectivity index (χ4n) is 3.35. The molecule has 1 aliphatic heterocycles. The van der Waals surface area contributed by atoms with Gasteiger partial charge in [-0.15, -0.1) is 0 Å². The summed E-state index contributed by atoms with van der Waals surface area (Å²) >= 11 is 0. The molecule has 1 saturated carbocycles. The van der Waals surface area contributed by atoms with E-state index >= 15 is 0 Å². The highest BCUT2D eigenvalue weighted by Gasteiger charge is 2.35. The highest BCUT2D eigenvalue weighted by molar-refractivity contribution is 5.82. The lowest BCUT2D eigenvalue weighted by molar-refractivity contribution is -0.130. The molecule has 2 fully saturated rings. The third-order valence-corrected chi connectivity index (χ3v) is 4.36. The quantitative estimate of drug-likeness (QED) is 0.825. The average Bonchev–Trinajstić information content (AvgIpc) is 2.40. The number of nitrogens with zero attached hydrogens (tertiary/aromatic N) is 1. The summed E-state index contributed by atoms with van der Waals surface area (Å²) in [5, 5.41) is 2.68. The molecule has 1 saturated heterocycles. The van der Waals surface area contributed by atoms with Crippen LogP contribution in [0, 0.1) is 5.92 Å². The van der Waals surface area contributed by atoms with Crippen molar-refractivity contribution in [3.05, 3.63) is 0 Å². The molecule has 0 bridgehead atoms. The molecular formula is C14H24N2O2. The van der Waals surface area contributed by atoms with Crippen LogP contribution in [0.15, 0.2) is 0 Å². The van der Waals surface area contributed by atoms with Crippen molar-refractivity contribution in [2.45, 2.75) is 51.0 Å². The predicted octanol–water partition coefficient (Wildman–Crippen LogP) is 1.35. The lowest BCUT2D eigenvalue weighted by atomic mass is 9.79. The Labute approximate surface area is 109 Å². The van der Waals surface area contributed by atoms with E-state index in [2.05, 4.69) is 10.2 Å². The van der Waals surface area contributed by atoms with E-state index in [9.17, 15) is 9.59 Å². The number of ketones is 1. The van der Waals surface area contributed by atoms with Gasteiger partial charge in [-0.3, -0.25) is 14.5 Å². The van der Waals surface area contributed by atoms with E-state index in [1.807, 2.05) is 0 Å². The molecule has 2 aliphatic rings. The zero-order chi connectivity index (χ0) is 13.0. The summed E-state index contributed by atoms with van der Waals surface area (Å²) in [4.78, 5) is 25.9. The smallest absolute Gasteiger partial charge is 0.233 e. The monoisotopic (exact) mass is 252 g/mol. The molecule has 1 N–H and O–H groups in total. The maximum Gasteiger partial charge on any atom is 0.233 e. The van der Waals surface area contributed by atoms with Gasteiger partial charge in [0.1, 0.15) is 5.78 Å². The minimum atomic E-state index is 0.0603. The number of hydrogen-bond acceptors (Lipinski definition) is 3. The van der Waals surface area contributed by atoms with E-state index in [4.69, 9.17) is 0 Å². The van der Waals surface area contributed by atoms with Crippen LogP contribution in [0.4, 0.5) is 0 Å². The summed E-state index contributed by atoms with van der Waals surface area (Å²) in [7, 11) is 1.67. The summed E-state index contributed by atoms with van der Waals surface area (Å²) in [5.74, 6) is 0.670. The SMILES string of the molecule is CNC(=O)CN1CCCCC1C1CCCCC1=O. The van der Waals surface area contributed by atoms with Crippen molar-refractivity contribution in [1.82, 2.24) is 10.2 Å². The molecule has 102 valence electrons. The van der Waals surface area contributed by atoms with E-state index in [0.717, 1.165) is 38.6 Å². The first-order valence-electron chi connectivity index (χ1n) is 7.19. The first-order chi connectivity index (χ1) is 8.72. The summed E-state index contributed by atoms with van der Waals surface area (Å²) < 4.78 is 0. The second kappa shape index (κ2) is 6.32. The van der Waals surface area contributed by atoms with Crippen LogP contribution in [0.2, 0.25) is 0 Å². The van der Waals surface area contributed by atoms with Gasteiger partial charge in [-0.25, -0.2) is 0 Å². The van der Waals surface area contributed by atoms with Crippen LogP contribution >= 0.6 is 0 Å². The van der Waals surface area contributed by atoms with Gasteiger partial charge in [0, 0.05) is 25.4 Å². The van der Waals surface area contributed by atoms with Gasteiger partial charge in [0.2, 0.25) is 5.91 Å². The highest BCUT2D eigenvalue weighted by Crippen LogP contribution is 2.31. The van der Waals surface area contributed by atoms with E-state index < -0.39 is 0 Å². The van der Waals surface area contributed by atoms with Gasteiger partial charge in [0.25, 0.3) is 0 Å². The van der Waals surface area contributed by atoms with Gasteiger partial charge in [-0.1, -0.05) is 12.8 Å². The third-order valence-electron chi connectivity index (χ3n) is 4.36. The molecule has 1 heterocycles. The molecule has 0 aromatic carbocycles. The molecule has 0 spiro atoms. The maximum atomic E-state index is 12.1. The first kappa shape index (κ1) is 13.5. The first-order valence-corrected chi connectivity index (χ1v) is 7.19. The number of rotatable bonds is 3. The molecule has 0 aromatic rings. The van der Waals surface area contributed by atoms with Gasteiger partial charge in [0.15, 0.2) is 0 Å². The Hall–Kier alpha value is -0.900. The van der Waals surface area contributed by atoms with Crippen LogP contribution in [-0.2, 0) is 9.59 Å². The van der Waals surface area contributed by atoms with Crippen molar-refractivity contribution in [3.8, 4) is 0 Å². The molecule has 18 heavy (non-hydrogen) atoms. The summed E-state index contributed by atoms with van der Waals surface area (Å²) in [6, 6.07) is 0.309. The number of Topliss-reactive ketones (excluding diaryl/α,β-unsaturated/α-hetero) is 1. The van der Waals surface area contributed by atoms with Crippen molar-refractivity contribution in [3.63, 3.8) is 0 Å². The number of carbonyl (C=O) groups is 2. The average molecular weight is 252 g/mol. The molecule has 4 heteroatoms. The van der Waals surface area contributed by atoms with Crippen LogP contribution in [0.25, 0.3) is 0 Å². The van der Waals surface area contributed by atoms with Gasteiger partial charge < -0.3 is 5.32 Å². The van der Waals surface area contributed by atoms with Crippen LogP contribution in [-0.4, -0.2) is 42.8 Å². The number of likely N-dealkylation sites (tertiary alicyclic amines) is 1. The van der Waals surface area contributed by atoms with E-state index in [-0.39, 0.29) is 11.8 Å². The van der Waals surface area contributed by atoms with Crippen LogP contribution < -0.4 is 5.32 Å². The van der Waals surface area contributed by atoms with Crippen LogP contribution in [0.5, 0.6) is 0 Å². The number of amides is 1. The lowest BCUT2D eigenvalue weighted by Crippen LogP contribution is -2.50. The van der Waals surface area contributed by atoms with Crippen LogP contribution in [0.3, 0.4) is 0 Å². The van der Waals surface area contributed by atoms with E-state index in [1.54, 1.807) is 7.05 Å². The maximum absolute atomic E-state index is 12.1. The van der Waals surface area contributed by atoms with Gasteiger partial charge in [-0.05, 0) is 32.2 Å². The molecule has 2 rings (SSSR count). The molecule has 0 radical (unpaired) electrons. The van der Waals surface area contributed by atoms with Crippen molar-refractivity contribution < 1.29 is 9.59 Å². The number of hydrogen-bond donors (Lipinski definition) is 1. The minimum Gasteiger partial charge on any atom is -0.358 e. The molecule has 0 aromatic heterocycles. The summed E-state index contributed by atoms with van der Waals surface area (Å²) in [5.41, 5.74) is 0. The molecule has 2 atom stereocenters. The molecule has 1 amide bonds. The van der Waals surface area contributed by atoms with Crippen molar-refractivity contribution in [2.24, 2.45) is 5.92 Å². The van der Waals surface area contributed by atoms with Crippen molar-refractivity contribution in [2.75, 3.05) is 20.1 Å². The van der Waals surface area contributed by atoms with E-state index in [1.165, 1.54) is 12.8 Å². The second-order valence-corrected chi connectivity index (χ2v) is 5.53. The molecular weight excluding hydrogens is 228 g/mol. The second-order valence-electron chi connectivity index (χ2n) is 5.53. The Morgan fingerprint density at radius 1 is 1.28 bits per heavy atom. The number of nitrogens with one attached hydrogen (secondary N) is 1. The largest absolute Gasteiger partial charge is 0.358 e. The van der Waals surface area contributed by atoms with E-state index in [0.29, 0.717) is 18.4 Å². The fourth-order valence-corrected chi connectivity index (χ4v) is 3.35. The Morgan fingerprint density at radius 3 is 2.78 bits per heavy atom. The van der Waals surface area contributed by atoms with Crippen LogP contribution in [0.1, 0.15) is 44.9 Å². The minimum absolute atomic E-state index is 0.0603. The van der Waals surface area contributed by atoms with Crippen molar-refractivity contribution >= 4 is 11.7 Å². The van der Waals surface area contributed by atoms with Gasteiger partial charge in [0.05, 0.1) is 6.54 Å². The Balaban J connectivity index is 2.02. The Bertz CT molecular complexity index is 317. The van der Waals surface area contributed by atoms with Gasteiger partial charge >= 0.3 is 0 Å².